The predicted molar refractivity (Wildman–Crippen MR) is 90.1 cm³/mol. The van der Waals surface area contributed by atoms with E-state index < -0.39 is 16.1 Å². The summed E-state index contributed by atoms with van der Waals surface area (Å²) in [5.74, 6) is 0.561. The molecule has 7 heteroatoms. The third-order valence-electron chi connectivity index (χ3n) is 4.14. The fraction of sp³-hybridized carbons (Fsp3) is 0.438. The first kappa shape index (κ1) is 16.5. The number of hydrogen-bond donors (Lipinski definition) is 2. The minimum absolute atomic E-state index is 0.199. The number of halogens is 1. The summed E-state index contributed by atoms with van der Waals surface area (Å²) in [6.07, 6.45) is 3.20. The number of hydrogen-bond acceptors (Lipinski definition) is 3. The summed E-state index contributed by atoms with van der Waals surface area (Å²) in [6, 6.07) is 5.74. The molecule has 0 amide bonds. The smallest absolute Gasteiger partial charge is 0.241 e. The third-order valence-corrected chi connectivity index (χ3v) is 5.94. The molecule has 1 atom stereocenters. The van der Waals surface area contributed by atoms with Crippen LogP contribution in [0.1, 0.15) is 55.6 Å². The summed E-state index contributed by atoms with van der Waals surface area (Å²) in [6.45, 7) is 3.89. The number of H-pyrrole nitrogens is 1. The van der Waals surface area contributed by atoms with Crippen LogP contribution in [0.4, 0.5) is 0 Å². The molecule has 0 spiro atoms. The summed E-state index contributed by atoms with van der Waals surface area (Å²) >= 11 is 5.81. The zero-order chi connectivity index (χ0) is 16.6. The molecular weight excluding hydrogens is 334 g/mol. The van der Waals surface area contributed by atoms with Crippen LogP contribution in [0.2, 0.25) is 5.02 Å². The molecule has 124 valence electrons. The van der Waals surface area contributed by atoms with Crippen molar-refractivity contribution >= 4 is 21.6 Å². The molecule has 0 saturated heterocycles. The van der Waals surface area contributed by atoms with E-state index in [2.05, 4.69) is 21.8 Å². The fourth-order valence-corrected chi connectivity index (χ4v) is 4.14. The van der Waals surface area contributed by atoms with Gasteiger partial charge >= 0.3 is 0 Å². The lowest BCUT2D eigenvalue weighted by Crippen LogP contribution is -2.27. The van der Waals surface area contributed by atoms with Gasteiger partial charge in [-0.2, -0.15) is 5.10 Å². The van der Waals surface area contributed by atoms with Crippen molar-refractivity contribution in [2.45, 2.75) is 50.0 Å². The molecule has 5 nitrogen and oxygen atoms in total. The van der Waals surface area contributed by atoms with Crippen molar-refractivity contribution in [3.05, 3.63) is 46.2 Å². The zero-order valence-electron chi connectivity index (χ0n) is 13.1. The highest BCUT2D eigenvalue weighted by molar-refractivity contribution is 7.89. The third kappa shape index (κ3) is 3.44. The number of nitrogens with zero attached hydrogens (tertiary/aromatic N) is 1. The summed E-state index contributed by atoms with van der Waals surface area (Å²) in [5.41, 5.74) is 3.09. The van der Waals surface area contributed by atoms with Crippen molar-refractivity contribution in [2.24, 2.45) is 0 Å². The van der Waals surface area contributed by atoms with Crippen molar-refractivity contribution in [1.29, 1.82) is 0 Å². The van der Waals surface area contributed by atoms with E-state index in [0.717, 1.165) is 17.7 Å². The van der Waals surface area contributed by atoms with Gasteiger partial charge in [-0.3, -0.25) is 5.10 Å². The van der Waals surface area contributed by atoms with Crippen molar-refractivity contribution in [1.82, 2.24) is 14.9 Å². The van der Waals surface area contributed by atoms with Crippen LogP contribution in [0.3, 0.4) is 0 Å². The van der Waals surface area contributed by atoms with E-state index >= 15 is 0 Å². The van der Waals surface area contributed by atoms with E-state index in [4.69, 9.17) is 11.6 Å². The van der Waals surface area contributed by atoms with Crippen molar-refractivity contribution in [3.63, 3.8) is 0 Å². The minimum Gasteiger partial charge on any atom is -0.282 e. The minimum atomic E-state index is -3.61. The monoisotopic (exact) mass is 353 g/mol. The summed E-state index contributed by atoms with van der Waals surface area (Å²) < 4.78 is 27.7. The Bertz CT molecular complexity index is 795. The maximum Gasteiger partial charge on any atom is 0.241 e. The first-order chi connectivity index (χ1) is 10.9. The van der Waals surface area contributed by atoms with Crippen LogP contribution in [0, 0.1) is 0 Å². The Morgan fingerprint density at radius 3 is 2.57 bits per heavy atom. The Morgan fingerprint density at radius 2 is 2.00 bits per heavy atom. The zero-order valence-corrected chi connectivity index (χ0v) is 14.7. The first-order valence-electron chi connectivity index (χ1n) is 7.77. The number of benzene rings is 1. The van der Waals surface area contributed by atoms with Crippen LogP contribution in [-0.2, 0) is 16.4 Å². The van der Waals surface area contributed by atoms with Gasteiger partial charge in [-0.05, 0) is 56.0 Å². The fourth-order valence-electron chi connectivity index (χ4n) is 2.80. The second-order valence-corrected chi connectivity index (χ2v) is 8.08. The van der Waals surface area contributed by atoms with E-state index in [-0.39, 0.29) is 4.90 Å². The molecule has 1 saturated carbocycles. The van der Waals surface area contributed by atoms with E-state index in [9.17, 15) is 8.42 Å². The van der Waals surface area contributed by atoms with Crippen molar-refractivity contribution in [2.75, 3.05) is 0 Å². The van der Waals surface area contributed by atoms with Gasteiger partial charge < -0.3 is 0 Å². The van der Waals surface area contributed by atoms with Crippen LogP contribution in [0.25, 0.3) is 0 Å². The normalized spacial score (nSPS) is 16.5. The van der Waals surface area contributed by atoms with Gasteiger partial charge in [0, 0.05) is 16.6 Å². The Kier molecular flexibility index (Phi) is 4.49. The van der Waals surface area contributed by atoms with E-state index in [0.29, 0.717) is 10.9 Å². The van der Waals surface area contributed by atoms with Crippen molar-refractivity contribution < 1.29 is 8.42 Å². The van der Waals surface area contributed by atoms with Gasteiger partial charge in [0.15, 0.2) is 0 Å². The molecule has 1 aromatic heterocycles. The highest BCUT2D eigenvalue weighted by Crippen LogP contribution is 2.42. The standard InChI is InChI=1S/C16H20ClN3O2S/c1-3-14-15(18-19-16(14)11-4-5-11)10(2)20-23(21,22)13-8-6-12(17)7-9-13/h6-11,20H,3-5H2,1-2H3,(H,18,19). The second-order valence-electron chi connectivity index (χ2n) is 5.93. The van der Waals surface area contributed by atoms with E-state index in [1.165, 1.54) is 30.7 Å². The van der Waals surface area contributed by atoms with E-state index in [1.807, 2.05) is 6.92 Å². The molecule has 3 rings (SSSR count). The number of nitrogens with one attached hydrogen (secondary N) is 2. The second kappa shape index (κ2) is 6.26. The van der Waals surface area contributed by atoms with Gasteiger partial charge in [0.2, 0.25) is 10.0 Å². The molecule has 1 heterocycles. The molecule has 1 unspecified atom stereocenters. The number of aromatic amines is 1. The van der Waals surface area contributed by atoms with Gasteiger partial charge in [-0.15, -0.1) is 0 Å². The SMILES string of the molecule is CCc1c(C(C)NS(=O)(=O)c2ccc(Cl)cc2)n[nH]c1C1CC1. The average molecular weight is 354 g/mol. The summed E-state index contributed by atoms with van der Waals surface area (Å²) in [7, 11) is -3.61. The maximum absolute atomic E-state index is 12.5. The largest absolute Gasteiger partial charge is 0.282 e. The highest BCUT2D eigenvalue weighted by Gasteiger charge is 2.31. The van der Waals surface area contributed by atoms with Gasteiger partial charge in [-0.25, -0.2) is 13.1 Å². The predicted octanol–water partition coefficient (Wildman–Crippen LogP) is 3.54. The molecule has 1 aliphatic rings. The molecule has 2 N–H and O–H groups in total. The van der Waals surface area contributed by atoms with Crippen LogP contribution in [0.15, 0.2) is 29.2 Å². The number of aromatic nitrogens is 2. The molecule has 0 bridgehead atoms. The van der Waals surface area contributed by atoms with Crippen molar-refractivity contribution in [3.8, 4) is 0 Å². The first-order valence-corrected chi connectivity index (χ1v) is 9.63. The Balaban J connectivity index is 1.83. The summed E-state index contributed by atoms with van der Waals surface area (Å²) in [5, 5.41) is 7.97. The Hall–Kier alpha value is -1.37. The van der Waals surface area contributed by atoms with Gasteiger partial charge in [0.1, 0.15) is 0 Å². The molecule has 0 radical (unpaired) electrons. The van der Waals surface area contributed by atoms with Crippen LogP contribution in [0.5, 0.6) is 0 Å². The quantitative estimate of drug-likeness (QED) is 0.834. The molecule has 1 aliphatic carbocycles. The van der Waals surface area contributed by atoms with E-state index in [1.54, 1.807) is 12.1 Å². The Labute approximate surface area is 141 Å². The lowest BCUT2D eigenvalue weighted by molar-refractivity contribution is 0.562. The summed E-state index contributed by atoms with van der Waals surface area (Å²) in [4.78, 5) is 0.199. The molecule has 1 aromatic carbocycles. The molecule has 1 fully saturated rings. The molecule has 2 aromatic rings. The van der Waals surface area contributed by atoms with Crippen LogP contribution >= 0.6 is 11.6 Å². The number of sulfonamides is 1. The molecular formula is C16H20ClN3O2S. The maximum atomic E-state index is 12.5. The topological polar surface area (TPSA) is 74.8 Å². The average Bonchev–Trinajstić information content (AvgIpc) is 3.25. The molecule has 0 aliphatic heterocycles. The van der Waals surface area contributed by atoms with Gasteiger partial charge in [-0.1, -0.05) is 18.5 Å². The van der Waals surface area contributed by atoms with Crippen LogP contribution < -0.4 is 4.72 Å². The lowest BCUT2D eigenvalue weighted by Gasteiger charge is -2.14. The van der Waals surface area contributed by atoms with Gasteiger partial charge in [0.25, 0.3) is 0 Å². The Morgan fingerprint density at radius 1 is 1.35 bits per heavy atom. The number of rotatable bonds is 6. The lowest BCUT2D eigenvalue weighted by atomic mass is 10.0. The van der Waals surface area contributed by atoms with Gasteiger partial charge in [0.05, 0.1) is 16.6 Å². The highest BCUT2D eigenvalue weighted by atomic mass is 35.5. The molecule has 23 heavy (non-hydrogen) atoms. The van der Waals surface area contributed by atoms with Crippen LogP contribution in [-0.4, -0.2) is 18.6 Å².